The van der Waals surface area contributed by atoms with Gasteiger partial charge in [0.2, 0.25) is 0 Å². The molecular weight excluding hydrogens is 348 g/mol. The van der Waals surface area contributed by atoms with E-state index in [0.717, 1.165) is 31.7 Å². The number of benzene rings is 1. The van der Waals surface area contributed by atoms with Crippen molar-refractivity contribution in [3.05, 3.63) is 66.1 Å². The highest BCUT2D eigenvalue weighted by Gasteiger charge is 2.36. The zero-order chi connectivity index (χ0) is 19.1. The first-order valence-electron chi connectivity index (χ1n) is 10.1. The fourth-order valence-corrected chi connectivity index (χ4v) is 4.88. The Labute approximate surface area is 165 Å². The van der Waals surface area contributed by atoms with Crippen molar-refractivity contribution in [1.82, 2.24) is 19.4 Å². The van der Waals surface area contributed by atoms with Gasteiger partial charge in [0, 0.05) is 68.9 Å². The zero-order valence-electron chi connectivity index (χ0n) is 16.3. The highest BCUT2D eigenvalue weighted by atomic mass is 16.2. The molecule has 3 saturated heterocycles. The molecule has 1 amide bonds. The molecule has 3 aliphatic rings. The van der Waals surface area contributed by atoms with E-state index in [1.807, 2.05) is 12.1 Å². The summed E-state index contributed by atoms with van der Waals surface area (Å²) in [7, 11) is 2.09. The number of carbonyl (C=O) groups is 1. The van der Waals surface area contributed by atoms with Crippen LogP contribution in [-0.2, 0) is 13.6 Å². The van der Waals surface area contributed by atoms with Crippen molar-refractivity contribution >= 4 is 16.8 Å². The van der Waals surface area contributed by atoms with Gasteiger partial charge in [-0.1, -0.05) is 6.07 Å². The minimum absolute atomic E-state index is 0.145. The Bertz CT molecular complexity index is 996. The standard InChI is InChI=1S/C23H26N4O/c1-25-11-8-20-12-17(3-5-22(20)25)13-26-14-18-2-4-21(26)16-27(15-18)23(28)19-6-9-24-10-7-19/h3,5-12,18,21H,2,4,13-16H2,1H3/t18-,21-/m1/s1. The molecule has 3 fully saturated rings. The lowest BCUT2D eigenvalue weighted by Gasteiger charge is -2.36. The molecule has 5 heterocycles. The molecule has 0 spiro atoms. The monoisotopic (exact) mass is 374 g/mol. The molecular formula is C23H26N4O. The van der Waals surface area contributed by atoms with Crippen molar-refractivity contribution in [3.63, 3.8) is 0 Å². The highest BCUT2D eigenvalue weighted by Crippen LogP contribution is 2.30. The minimum atomic E-state index is 0.145. The number of carbonyl (C=O) groups excluding carboxylic acids is 1. The average molecular weight is 374 g/mol. The van der Waals surface area contributed by atoms with Crippen molar-refractivity contribution in [2.24, 2.45) is 13.0 Å². The molecule has 2 atom stereocenters. The third-order valence-corrected chi connectivity index (χ3v) is 6.38. The summed E-state index contributed by atoms with van der Waals surface area (Å²) in [4.78, 5) is 21.7. The molecule has 3 aliphatic heterocycles. The molecule has 144 valence electrons. The summed E-state index contributed by atoms with van der Waals surface area (Å²) < 4.78 is 2.16. The summed E-state index contributed by atoms with van der Waals surface area (Å²) in [6.07, 6.45) is 7.92. The highest BCUT2D eigenvalue weighted by molar-refractivity contribution is 5.94. The van der Waals surface area contributed by atoms with E-state index in [4.69, 9.17) is 0 Å². The number of hydrogen-bond donors (Lipinski definition) is 0. The number of piperidine rings is 1. The Hall–Kier alpha value is -2.66. The van der Waals surface area contributed by atoms with Gasteiger partial charge in [0.25, 0.3) is 5.91 Å². The molecule has 0 radical (unpaired) electrons. The molecule has 28 heavy (non-hydrogen) atoms. The summed E-state index contributed by atoms with van der Waals surface area (Å²) in [5.41, 5.74) is 3.38. The molecule has 2 bridgehead atoms. The Balaban J connectivity index is 1.34. The van der Waals surface area contributed by atoms with E-state index in [0.29, 0.717) is 12.0 Å². The summed E-state index contributed by atoms with van der Waals surface area (Å²) >= 11 is 0. The molecule has 3 aromatic rings. The third-order valence-electron chi connectivity index (χ3n) is 6.38. The van der Waals surface area contributed by atoms with Crippen molar-refractivity contribution in [1.29, 1.82) is 0 Å². The lowest BCUT2D eigenvalue weighted by Crippen LogP contribution is -2.43. The summed E-state index contributed by atoms with van der Waals surface area (Å²) in [5, 5.41) is 1.30. The van der Waals surface area contributed by atoms with Crippen LogP contribution < -0.4 is 0 Å². The lowest BCUT2D eigenvalue weighted by molar-refractivity contribution is 0.0736. The van der Waals surface area contributed by atoms with Crippen LogP contribution in [0.2, 0.25) is 0 Å². The van der Waals surface area contributed by atoms with Gasteiger partial charge >= 0.3 is 0 Å². The molecule has 0 saturated carbocycles. The van der Waals surface area contributed by atoms with Crippen molar-refractivity contribution in [2.45, 2.75) is 25.4 Å². The first-order chi connectivity index (χ1) is 13.7. The Morgan fingerprint density at radius 2 is 1.93 bits per heavy atom. The largest absolute Gasteiger partial charge is 0.351 e. The van der Waals surface area contributed by atoms with Crippen molar-refractivity contribution in [2.75, 3.05) is 19.6 Å². The second-order valence-corrected chi connectivity index (χ2v) is 8.29. The van der Waals surface area contributed by atoms with Crippen LogP contribution in [0.15, 0.2) is 55.0 Å². The molecule has 2 aromatic heterocycles. The average Bonchev–Trinajstić information content (AvgIpc) is 2.89. The third kappa shape index (κ3) is 3.20. The summed E-state index contributed by atoms with van der Waals surface area (Å²) in [6, 6.07) is 13.1. The van der Waals surface area contributed by atoms with Crippen LogP contribution >= 0.6 is 0 Å². The maximum absolute atomic E-state index is 13.0. The van der Waals surface area contributed by atoms with E-state index in [2.05, 4.69) is 56.9 Å². The van der Waals surface area contributed by atoms with E-state index in [1.165, 1.54) is 29.3 Å². The molecule has 0 aliphatic carbocycles. The molecule has 5 heteroatoms. The SMILES string of the molecule is Cn1ccc2cc(CN3C[C@H]4CC[C@@H]3CN(C(=O)c3ccncc3)C4)ccc21. The fourth-order valence-electron chi connectivity index (χ4n) is 4.88. The predicted octanol–water partition coefficient (Wildman–Crippen LogP) is 3.31. The van der Waals surface area contributed by atoms with Gasteiger partial charge in [0.05, 0.1) is 0 Å². The fraction of sp³-hybridized carbons (Fsp3) is 0.391. The topological polar surface area (TPSA) is 41.4 Å². The number of pyridine rings is 1. The van der Waals surface area contributed by atoms with Crippen LogP contribution in [0.5, 0.6) is 0 Å². The number of aromatic nitrogens is 2. The molecule has 1 aromatic carbocycles. The first kappa shape index (κ1) is 17.4. The van der Waals surface area contributed by atoms with Gasteiger partial charge in [0.1, 0.15) is 0 Å². The van der Waals surface area contributed by atoms with Crippen LogP contribution in [0.25, 0.3) is 10.9 Å². The van der Waals surface area contributed by atoms with E-state index >= 15 is 0 Å². The van der Waals surface area contributed by atoms with Gasteiger partial charge in [-0.2, -0.15) is 0 Å². The Morgan fingerprint density at radius 1 is 1.07 bits per heavy atom. The van der Waals surface area contributed by atoms with Crippen LogP contribution in [0.1, 0.15) is 28.8 Å². The number of fused-ring (bicyclic) bond motifs is 5. The smallest absolute Gasteiger partial charge is 0.254 e. The molecule has 5 nitrogen and oxygen atoms in total. The zero-order valence-corrected chi connectivity index (χ0v) is 16.3. The van der Waals surface area contributed by atoms with Crippen molar-refractivity contribution < 1.29 is 4.79 Å². The number of aryl methyl sites for hydroxylation is 1. The number of amides is 1. The molecule has 6 rings (SSSR count). The second kappa shape index (κ2) is 7.06. The maximum Gasteiger partial charge on any atom is 0.254 e. The number of nitrogens with zero attached hydrogens (tertiary/aromatic N) is 4. The van der Waals surface area contributed by atoms with E-state index in [-0.39, 0.29) is 5.91 Å². The van der Waals surface area contributed by atoms with Gasteiger partial charge in [-0.25, -0.2) is 0 Å². The number of rotatable bonds is 3. The predicted molar refractivity (Wildman–Crippen MR) is 110 cm³/mol. The maximum atomic E-state index is 13.0. The van der Waals surface area contributed by atoms with Gasteiger partial charge in [-0.3, -0.25) is 14.7 Å². The number of hydrogen-bond acceptors (Lipinski definition) is 3. The first-order valence-corrected chi connectivity index (χ1v) is 10.1. The summed E-state index contributed by atoms with van der Waals surface area (Å²) in [6.45, 7) is 3.73. The van der Waals surface area contributed by atoms with Gasteiger partial charge < -0.3 is 9.47 Å². The van der Waals surface area contributed by atoms with Gasteiger partial charge in [-0.05, 0) is 60.0 Å². The van der Waals surface area contributed by atoms with Crippen LogP contribution in [0.3, 0.4) is 0 Å². The molecule has 0 unspecified atom stereocenters. The second-order valence-electron chi connectivity index (χ2n) is 8.29. The Kier molecular flexibility index (Phi) is 4.40. The molecule has 0 N–H and O–H groups in total. The van der Waals surface area contributed by atoms with Crippen molar-refractivity contribution in [3.8, 4) is 0 Å². The van der Waals surface area contributed by atoms with E-state index in [1.54, 1.807) is 12.4 Å². The summed E-state index contributed by atoms with van der Waals surface area (Å²) in [5.74, 6) is 0.705. The minimum Gasteiger partial charge on any atom is -0.351 e. The van der Waals surface area contributed by atoms with E-state index < -0.39 is 0 Å². The van der Waals surface area contributed by atoms with Crippen LogP contribution in [0, 0.1) is 5.92 Å². The van der Waals surface area contributed by atoms with Crippen LogP contribution in [-0.4, -0.2) is 50.9 Å². The normalized spacial score (nSPS) is 22.5. The quantitative estimate of drug-likeness (QED) is 0.706. The van der Waals surface area contributed by atoms with Crippen LogP contribution in [0.4, 0.5) is 0 Å². The van der Waals surface area contributed by atoms with Gasteiger partial charge in [-0.15, -0.1) is 0 Å². The Morgan fingerprint density at radius 3 is 2.79 bits per heavy atom. The van der Waals surface area contributed by atoms with Gasteiger partial charge in [0.15, 0.2) is 0 Å². The van der Waals surface area contributed by atoms with E-state index in [9.17, 15) is 4.79 Å². The lowest BCUT2D eigenvalue weighted by atomic mass is 9.94.